The van der Waals surface area contributed by atoms with Crippen LogP contribution in [0.1, 0.15) is 22.7 Å². The largest absolute Gasteiger partial charge is 0.507 e. The molecular weight excluding hydrogens is 404 g/mol. The number of aryl methyl sites for hydroxylation is 1. The van der Waals surface area contributed by atoms with Crippen LogP contribution in [0.5, 0.6) is 5.75 Å². The zero-order valence-electron chi connectivity index (χ0n) is 17.5. The number of hydrogen-bond donors (Lipinski definition) is 1. The molecule has 6 nitrogen and oxygen atoms in total. The lowest BCUT2D eigenvalue weighted by atomic mass is 9.94. The first-order valence-electron chi connectivity index (χ1n) is 9.58. The summed E-state index contributed by atoms with van der Waals surface area (Å²) in [6, 6.07) is 11.9. The van der Waals surface area contributed by atoms with Gasteiger partial charge in [-0.2, -0.15) is 0 Å². The summed E-state index contributed by atoms with van der Waals surface area (Å²) in [6.07, 6.45) is 0. The normalized spacial score (nSPS) is 18.3. The highest BCUT2D eigenvalue weighted by molar-refractivity contribution is 6.46. The van der Waals surface area contributed by atoms with Crippen molar-refractivity contribution < 1.29 is 19.4 Å². The quantitative estimate of drug-likeness (QED) is 0.432. The van der Waals surface area contributed by atoms with E-state index in [1.807, 2.05) is 56.3 Å². The third-order valence-corrected chi connectivity index (χ3v) is 5.37. The molecule has 2 aromatic rings. The Labute approximate surface area is 181 Å². The molecule has 1 aliphatic rings. The zero-order chi connectivity index (χ0) is 22.0. The Kier molecular flexibility index (Phi) is 6.48. The molecule has 1 aliphatic heterocycles. The Balaban J connectivity index is 2.23. The van der Waals surface area contributed by atoms with Crippen molar-refractivity contribution in [3.63, 3.8) is 0 Å². The summed E-state index contributed by atoms with van der Waals surface area (Å²) in [6.45, 7) is 2.75. The van der Waals surface area contributed by atoms with E-state index < -0.39 is 17.7 Å². The Bertz CT molecular complexity index is 1000. The maximum atomic E-state index is 13.0. The minimum absolute atomic E-state index is 0.0323. The summed E-state index contributed by atoms with van der Waals surface area (Å²) in [5, 5.41) is 11.5. The van der Waals surface area contributed by atoms with Crippen molar-refractivity contribution in [3.05, 3.63) is 69.8 Å². The van der Waals surface area contributed by atoms with E-state index in [4.69, 9.17) is 16.3 Å². The number of methoxy groups -OCH3 is 1. The van der Waals surface area contributed by atoms with E-state index in [1.54, 1.807) is 12.1 Å². The number of Topliss-reactive ketones (excluding diaryl/α,β-unsaturated/α-hetero) is 1. The lowest BCUT2D eigenvalue weighted by molar-refractivity contribution is -0.140. The summed E-state index contributed by atoms with van der Waals surface area (Å²) >= 11 is 6.29. The molecule has 1 fully saturated rings. The first-order valence-corrected chi connectivity index (χ1v) is 9.96. The fourth-order valence-electron chi connectivity index (χ4n) is 3.66. The number of halogens is 1. The molecule has 1 atom stereocenters. The lowest BCUT2D eigenvalue weighted by Crippen LogP contribution is -2.35. The molecule has 1 unspecified atom stereocenters. The third-order valence-electron chi connectivity index (χ3n) is 5.09. The van der Waals surface area contributed by atoms with Crippen molar-refractivity contribution in [1.29, 1.82) is 0 Å². The van der Waals surface area contributed by atoms with Crippen LogP contribution in [0.25, 0.3) is 5.76 Å². The molecule has 1 amide bonds. The average Bonchev–Trinajstić information content (AvgIpc) is 2.96. The Morgan fingerprint density at radius 3 is 2.47 bits per heavy atom. The van der Waals surface area contributed by atoms with Gasteiger partial charge >= 0.3 is 0 Å². The minimum Gasteiger partial charge on any atom is -0.507 e. The number of amides is 1. The molecule has 0 saturated carbocycles. The molecular formula is C23H25ClN2O4. The van der Waals surface area contributed by atoms with Gasteiger partial charge in [0.15, 0.2) is 0 Å². The molecule has 158 valence electrons. The molecule has 0 bridgehead atoms. The molecule has 2 aromatic carbocycles. The summed E-state index contributed by atoms with van der Waals surface area (Å²) < 4.78 is 5.38. The molecule has 1 heterocycles. The van der Waals surface area contributed by atoms with Crippen molar-refractivity contribution in [2.75, 3.05) is 34.3 Å². The summed E-state index contributed by atoms with van der Waals surface area (Å²) in [5.41, 5.74) is 1.86. The molecule has 3 rings (SSSR count). The van der Waals surface area contributed by atoms with Crippen molar-refractivity contribution in [1.82, 2.24) is 9.80 Å². The van der Waals surface area contributed by atoms with Crippen LogP contribution < -0.4 is 4.74 Å². The van der Waals surface area contributed by atoms with Crippen LogP contribution in [0.2, 0.25) is 5.02 Å². The molecule has 1 N–H and O–H groups in total. The third kappa shape index (κ3) is 4.06. The van der Waals surface area contributed by atoms with Crippen LogP contribution in [0.15, 0.2) is 48.0 Å². The van der Waals surface area contributed by atoms with Crippen molar-refractivity contribution >= 4 is 29.1 Å². The molecule has 7 heteroatoms. The summed E-state index contributed by atoms with van der Waals surface area (Å²) in [4.78, 5) is 29.4. The van der Waals surface area contributed by atoms with E-state index >= 15 is 0 Å². The predicted molar refractivity (Wildman–Crippen MR) is 117 cm³/mol. The van der Waals surface area contributed by atoms with Crippen molar-refractivity contribution in [2.45, 2.75) is 13.0 Å². The van der Waals surface area contributed by atoms with Crippen LogP contribution in [0.4, 0.5) is 0 Å². The number of aliphatic hydroxyl groups is 1. The van der Waals surface area contributed by atoms with E-state index in [9.17, 15) is 14.7 Å². The molecule has 0 spiro atoms. The molecule has 0 radical (unpaired) electrons. The Hall–Kier alpha value is -2.83. The van der Waals surface area contributed by atoms with Gasteiger partial charge in [-0.15, -0.1) is 0 Å². The van der Waals surface area contributed by atoms with Gasteiger partial charge < -0.3 is 19.6 Å². The number of likely N-dealkylation sites (N-methyl/N-ethyl adjacent to an activating group) is 1. The number of likely N-dealkylation sites (tertiary alicyclic amines) is 1. The highest BCUT2D eigenvalue weighted by Crippen LogP contribution is 2.42. The SMILES string of the molecule is COc1c(Cl)cc(C)cc1/C(O)=C1\C(=O)C(=O)N(CCN(C)C)C1c1ccccc1. The monoisotopic (exact) mass is 428 g/mol. The van der Waals surface area contributed by atoms with Gasteiger partial charge in [-0.3, -0.25) is 9.59 Å². The highest BCUT2D eigenvalue weighted by Gasteiger charge is 2.46. The Morgan fingerprint density at radius 1 is 1.20 bits per heavy atom. The molecule has 30 heavy (non-hydrogen) atoms. The van der Waals surface area contributed by atoms with E-state index in [0.29, 0.717) is 18.1 Å². The number of hydrogen-bond acceptors (Lipinski definition) is 5. The summed E-state index contributed by atoms with van der Waals surface area (Å²) in [7, 11) is 5.24. The van der Waals surface area contributed by atoms with Gasteiger partial charge in [0.05, 0.1) is 29.3 Å². The van der Waals surface area contributed by atoms with Gasteiger partial charge in [0.25, 0.3) is 11.7 Å². The van der Waals surface area contributed by atoms with Crippen LogP contribution >= 0.6 is 11.6 Å². The fourth-order valence-corrected chi connectivity index (χ4v) is 4.01. The summed E-state index contributed by atoms with van der Waals surface area (Å²) in [5.74, 6) is -1.40. The maximum absolute atomic E-state index is 13.0. The molecule has 1 saturated heterocycles. The first-order chi connectivity index (χ1) is 14.3. The van der Waals surface area contributed by atoms with Gasteiger partial charge in [0.1, 0.15) is 11.5 Å². The minimum atomic E-state index is -0.722. The van der Waals surface area contributed by atoms with Gasteiger partial charge in [-0.05, 0) is 44.3 Å². The number of ether oxygens (including phenoxy) is 1. The van der Waals surface area contributed by atoms with Crippen LogP contribution in [-0.2, 0) is 9.59 Å². The number of benzene rings is 2. The van der Waals surface area contributed by atoms with Gasteiger partial charge in [0, 0.05) is 13.1 Å². The number of nitrogens with zero attached hydrogens (tertiary/aromatic N) is 2. The maximum Gasteiger partial charge on any atom is 0.295 e. The second-order valence-electron chi connectivity index (χ2n) is 7.53. The fraction of sp³-hybridized carbons (Fsp3) is 0.304. The number of rotatable bonds is 6. The number of ketones is 1. The van der Waals surface area contributed by atoms with E-state index in [1.165, 1.54) is 12.0 Å². The van der Waals surface area contributed by atoms with Crippen LogP contribution in [0, 0.1) is 6.92 Å². The number of carbonyl (C=O) groups is 2. The van der Waals surface area contributed by atoms with Crippen LogP contribution in [0.3, 0.4) is 0 Å². The van der Waals surface area contributed by atoms with E-state index in [-0.39, 0.29) is 22.6 Å². The smallest absolute Gasteiger partial charge is 0.295 e. The van der Waals surface area contributed by atoms with Crippen LogP contribution in [-0.4, -0.2) is 60.9 Å². The predicted octanol–water partition coefficient (Wildman–Crippen LogP) is 3.64. The average molecular weight is 429 g/mol. The van der Waals surface area contributed by atoms with Gasteiger partial charge in [0.2, 0.25) is 0 Å². The zero-order valence-corrected chi connectivity index (χ0v) is 18.2. The van der Waals surface area contributed by atoms with Gasteiger partial charge in [-0.1, -0.05) is 41.9 Å². The Morgan fingerprint density at radius 2 is 1.87 bits per heavy atom. The highest BCUT2D eigenvalue weighted by atomic mass is 35.5. The molecule has 0 aromatic heterocycles. The number of aliphatic hydroxyl groups excluding tert-OH is 1. The van der Waals surface area contributed by atoms with E-state index in [2.05, 4.69) is 0 Å². The molecule has 0 aliphatic carbocycles. The van der Waals surface area contributed by atoms with E-state index in [0.717, 1.165) is 11.1 Å². The first kappa shape index (κ1) is 21.9. The standard InChI is InChI=1S/C23H25ClN2O4/c1-14-12-16(22(30-4)17(24)13-14)20(27)18-19(15-8-6-5-7-9-15)26(11-10-25(2)3)23(29)21(18)28/h5-9,12-13,19,27H,10-11H2,1-4H3/b20-18+. The topological polar surface area (TPSA) is 70.1 Å². The lowest BCUT2D eigenvalue weighted by Gasteiger charge is -2.26. The second-order valence-corrected chi connectivity index (χ2v) is 7.94. The van der Waals surface area contributed by atoms with Crippen molar-refractivity contribution in [3.8, 4) is 5.75 Å². The van der Waals surface area contributed by atoms with Crippen molar-refractivity contribution in [2.24, 2.45) is 0 Å². The number of carbonyl (C=O) groups excluding carboxylic acids is 2. The second kappa shape index (κ2) is 8.90. The van der Waals surface area contributed by atoms with Gasteiger partial charge in [-0.25, -0.2) is 0 Å².